The molecule has 1 aliphatic rings. The topological polar surface area (TPSA) is 79.4 Å². The van der Waals surface area contributed by atoms with E-state index in [4.69, 9.17) is 0 Å². The molecule has 0 aliphatic carbocycles. The number of pyridine rings is 1. The summed E-state index contributed by atoms with van der Waals surface area (Å²) < 4.78 is 40.0. The summed E-state index contributed by atoms with van der Waals surface area (Å²) >= 11 is 0. The lowest BCUT2D eigenvalue weighted by Gasteiger charge is -2.30. The highest BCUT2D eigenvalue weighted by Gasteiger charge is 2.23. The molecule has 0 atom stereocenters. The van der Waals surface area contributed by atoms with Crippen LogP contribution >= 0.6 is 0 Å². The zero-order chi connectivity index (χ0) is 21.7. The van der Waals surface area contributed by atoms with Crippen LogP contribution in [0.1, 0.15) is 41.3 Å². The van der Waals surface area contributed by atoms with Gasteiger partial charge in [0, 0.05) is 37.6 Å². The third-order valence-corrected chi connectivity index (χ3v) is 6.65. The predicted molar refractivity (Wildman–Crippen MR) is 114 cm³/mol. The van der Waals surface area contributed by atoms with Gasteiger partial charge in [0.1, 0.15) is 5.82 Å². The summed E-state index contributed by atoms with van der Waals surface area (Å²) in [6, 6.07) is 6.06. The Balaban J connectivity index is 1.72. The molecule has 1 N–H and O–H groups in total. The number of aromatic nitrogens is 1. The monoisotopic (exact) mass is 431 g/mol. The Morgan fingerprint density at radius 2 is 2.17 bits per heavy atom. The Bertz CT molecular complexity index is 1070. The van der Waals surface area contributed by atoms with Crippen LogP contribution in [-0.4, -0.2) is 36.5 Å². The quantitative estimate of drug-likeness (QED) is 0.684. The van der Waals surface area contributed by atoms with E-state index in [1.54, 1.807) is 29.3 Å². The lowest BCUT2D eigenvalue weighted by Crippen LogP contribution is -2.36. The van der Waals surface area contributed by atoms with E-state index in [0.29, 0.717) is 31.5 Å². The van der Waals surface area contributed by atoms with Crippen molar-refractivity contribution in [3.05, 3.63) is 70.3 Å². The van der Waals surface area contributed by atoms with Gasteiger partial charge in [-0.05, 0) is 60.2 Å². The molecule has 6 nitrogen and oxygen atoms in total. The molecule has 1 aliphatic heterocycles. The van der Waals surface area contributed by atoms with Crippen molar-refractivity contribution in [1.29, 1.82) is 0 Å². The number of benzene rings is 1. The number of hydrogen-bond donors (Lipinski definition) is 1. The number of halogens is 1. The van der Waals surface area contributed by atoms with Gasteiger partial charge in [0.25, 0.3) is 0 Å². The Kier molecular flexibility index (Phi) is 6.99. The number of nitrogens with one attached hydrogen (secondary N) is 1. The minimum Gasteiger partial charge on any atom is -0.334 e. The summed E-state index contributed by atoms with van der Waals surface area (Å²) in [7, 11) is -3.31. The molecule has 8 heteroatoms. The zero-order valence-electron chi connectivity index (χ0n) is 17.2. The highest BCUT2D eigenvalue weighted by molar-refractivity contribution is 7.89. The van der Waals surface area contributed by atoms with Crippen LogP contribution in [0.15, 0.2) is 36.5 Å². The molecular weight excluding hydrogens is 405 g/mol. The summed E-state index contributed by atoms with van der Waals surface area (Å²) in [5, 5.41) is 0. The van der Waals surface area contributed by atoms with Crippen LogP contribution in [0.2, 0.25) is 0 Å². The second-order valence-electron chi connectivity index (χ2n) is 7.36. The van der Waals surface area contributed by atoms with Crippen molar-refractivity contribution in [3.8, 4) is 0 Å². The molecule has 0 saturated heterocycles. The molecule has 0 unspecified atom stereocenters. The van der Waals surface area contributed by atoms with Crippen LogP contribution in [0.4, 0.5) is 4.39 Å². The number of rotatable bonds is 7. The van der Waals surface area contributed by atoms with E-state index >= 15 is 0 Å². The number of carbonyl (C=O) groups excluding carboxylic acids is 1. The second kappa shape index (κ2) is 9.49. The Morgan fingerprint density at radius 3 is 2.90 bits per heavy atom. The average molecular weight is 432 g/mol. The van der Waals surface area contributed by atoms with E-state index in [-0.39, 0.29) is 24.0 Å². The third kappa shape index (κ3) is 5.52. The van der Waals surface area contributed by atoms with Gasteiger partial charge in [-0.15, -0.1) is 0 Å². The summed E-state index contributed by atoms with van der Waals surface area (Å²) in [4.78, 5) is 18.7. The predicted octanol–water partition coefficient (Wildman–Crippen LogP) is 2.96. The van der Waals surface area contributed by atoms with Crippen molar-refractivity contribution >= 4 is 22.0 Å². The number of sulfonamides is 1. The number of aryl methyl sites for hydroxylation is 1. The molecule has 1 amide bonds. The van der Waals surface area contributed by atoms with Crippen LogP contribution in [0.25, 0.3) is 6.08 Å². The first-order chi connectivity index (χ1) is 14.3. The van der Waals surface area contributed by atoms with Crippen LogP contribution in [0.5, 0.6) is 0 Å². The largest absolute Gasteiger partial charge is 0.334 e. The molecule has 0 saturated carbocycles. The summed E-state index contributed by atoms with van der Waals surface area (Å²) in [5.41, 5.74) is 4.27. The first-order valence-electron chi connectivity index (χ1n) is 9.95. The molecule has 2 aromatic rings. The van der Waals surface area contributed by atoms with Crippen LogP contribution in [0, 0.1) is 12.7 Å². The van der Waals surface area contributed by atoms with Crippen LogP contribution in [-0.2, 0) is 34.3 Å². The fourth-order valence-corrected chi connectivity index (χ4v) is 4.60. The number of fused-ring (bicyclic) bond motifs is 1. The van der Waals surface area contributed by atoms with Crippen molar-refractivity contribution in [2.45, 2.75) is 39.8 Å². The van der Waals surface area contributed by atoms with Gasteiger partial charge in [-0.3, -0.25) is 9.78 Å². The van der Waals surface area contributed by atoms with Crippen molar-refractivity contribution in [1.82, 2.24) is 14.6 Å². The van der Waals surface area contributed by atoms with Gasteiger partial charge in [0.05, 0.1) is 5.75 Å². The van der Waals surface area contributed by atoms with Gasteiger partial charge in [0.2, 0.25) is 15.9 Å². The molecule has 160 valence electrons. The molecule has 0 radical (unpaired) electrons. The van der Waals surface area contributed by atoms with Gasteiger partial charge in [0.15, 0.2) is 0 Å². The van der Waals surface area contributed by atoms with E-state index < -0.39 is 10.0 Å². The first-order valence-corrected chi connectivity index (χ1v) is 11.6. The molecule has 3 rings (SSSR count). The minimum absolute atomic E-state index is 0.0917. The molecular formula is C22H26FN3O3S. The highest BCUT2D eigenvalue weighted by Crippen LogP contribution is 2.24. The minimum atomic E-state index is -3.31. The fourth-order valence-electron chi connectivity index (χ4n) is 3.55. The van der Waals surface area contributed by atoms with E-state index in [1.165, 1.54) is 18.2 Å². The van der Waals surface area contributed by atoms with Gasteiger partial charge in [-0.2, -0.15) is 0 Å². The van der Waals surface area contributed by atoms with E-state index in [9.17, 15) is 17.6 Å². The second-order valence-corrected chi connectivity index (χ2v) is 9.29. The Labute approximate surface area is 176 Å². The van der Waals surface area contributed by atoms with Crippen molar-refractivity contribution in [2.24, 2.45) is 0 Å². The third-order valence-electron chi connectivity index (χ3n) is 5.12. The normalized spacial score (nSPS) is 14.2. The first kappa shape index (κ1) is 22.1. The maximum Gasteiger partial charge on any atom is 0.246 e. The molecule has 1 aromatic heterocycles. The molecule has 0 spiro atoms. The van der Waals surface area contributed by atoms with Crippen molar-refractivity contribution < 1.29 is 17.6 Å². The molecule has 2 heterocycles. The zero-order valence-corrected chi connectivity index (χ0v) is 18.0. The summed E-state index contributed by atoms with van der Waals surface area (Å²) in [5.74, 6) is -0.412. The van der Waals surface area contributed by atoms with Crippen LogP contribution in [0.3, 0.4) is 0 Å². The number of amides is 1. The smallest absolute Gasteiger partial charge is 0.246 e. The van der Waals surface area contributed by atoms with Crippen LogP contribution < -0.4 is 4.72 Å². The highest BCUT2D eigenvalue weighted by atomic mass is 32.2. The molecule has 0 bridgehead atoms. The number of carbonyl (C=O) groups is 1. The lowest BCUT2D eigenvalue weighted by atomic mass is 9.95. The number of hydrogen-bond acceptors (Lipinski definition) is 4. The van der Waals surface area contributed by atoms with E-state index in [2.05, 4.69) is 9.71 Å². The molecule has 0 fully saturated rings. The van der Waals surface area contributed by atoms with Gasteiger partial charge >= 0.3 is 0 Å². The van der Waals surface area contributed by atoms with E-state index in [1.807, 2.05) is 13.8 Å². The van der Waals surface area contributed by atoms with E-state index in [0.717, 1.165) is 22.4 Å². The average Bonchev–Trinajstić information content (AvgIpc) is 2.71. The molecule has 30 heavy (non-hydrogen) atoms. The number of nitrogens with zero attached hydrogens (tertiary/aromatic N) is 2. The Morgan fingerprint density at radius 1 is 1.37 bits per heavy atom. The van der Waals surface area contributed by atoms with Gasteiger partial charge in [-0.1, -0.05) is 19.1 Å². The molecule has 1 aromatic carbocycles. The Hall–Kier alpha value is -2.58. The van der Waals surface area contributed by atoms with Gasteiger partial charge < -0.3 is 4.90 Å². The van der Waals surface area contributed by atoms with Crippen molar-refractivity contribution in [3.63, 3.8) is 0 Å². The van der Waals surface area contributed by atoms with Gasteiger partial charge in [-0.25, -0.2) is 17.5 Å². The lowest BCUT2D eigenvalue weighted by molar-refractivity contribution is -0.126. The SMILES string of the molecule is CCCS(=O)(=O)NCc1c(C)ncc2c1CCN(C(=O)/C=C/c1cccc(F)c1)C2. The van der Waals surface area contributed by atoms with Crippen molar-refractivity contribution in [2.75, 3.05) is 12.3 Å². The maximum atomic E-state index is 13.3. The summed E-state index contributed by atoms with van der Waals surface area (Å²) in [6.07, 6.45) is 5.98. The maximum absolute atomic E-state index is 13.3. The fraction of sp³-hybridized carbons (Fsp3) is 0.364. The standard InChI is InChI=1S/C22H26FN3O3S/c1-3-11-30(28,29)25-14-21-16(2)24-13-18-15-26(10-9-20(18)21)22(27)8-7-17-5-4-6-19(23)12-17/h4-8,12-13,25H,3,9-11,14-15H2,1-2H3/b8-7+. The summed E-state index contributed by atoms with van der Waals surface area (Å²) in [6.45, 7) is 4.83.